The van der Waals surface area contributed by atoms with Crippen molar-refractivity contribution in [3.63, 3.8) is 0 Å². The summed E-state index contributed by atoms with van der Waals surface area (Å²) in [6, 6.07) is 16.7. The summed E-state index contributed by atoms with van der Waals surface area (Å²) >= 11 is 0. The molecule has 1 aromatic heterocycles. The number of hydrogen-bond donors (Lipinski definition) is 2. The number of hydrogen-bond acceptors (Lipinski definition) is 7. The standard InChI is InChI=1S/C33H37N3O7S/c1-4-17-36-21-24(27-20-25(15-16-28(27)36)34-33(38)43-26-9-5-6-10-26)18-22-13-14-23(19-30(22)42-3)32(37)35-44(39,40)31-12-8-7-11-29(31)41-2/h7-8,11-16,19-21,26H,4-6,9-10,17-18H2,1-3H3,(H,34,38)(H,35,37). The number of fused-ring (bicyclic) bond motifs is 1. The number of ether oxygens (including phenoxy) is 3. The van der Waals surface area contributed by atoms with Gasteiger partial charge < -0.3 is 18.8 Å². The topological polar surface area (TPSA) is 125 Å². The molecular weight excluding hydrogens is 582 g/mol. The van der Waals surface area contributed by atoms with E-state index in [-0.39, 0.29) is 22.3 Å². The molecule has 1 aliphatic carbocycles. The van der Waals surface area contributed by atoms with Gasteiger partial charge in [-0.05, 0) is 85.7 Å². The minimum absolute atomic E-state index is 0.0290. The van der Waals surface area contributed by atoms with E-state index in [0.29, 0.717) is 17.9 Å². The molecule has 10 nitrogen and oxygen atoms in total. The predicted octanol–water partition coefficient (Wildman–Crippen LogP) is 6.27. The summed E-state index contributed by atoms with van der Waals surface area (Å²) in [5.74, 6) is -0.217. The van der Waals surface area contributed by atoms with Gasteiger partial charge in [0, 0.05) is 41.3 Å². The Balaban J connectivity index is 1.38. The number of nitrogens with zero attached hydrogens (tertiary/aromatic N) is 1. The first-order chi connectivity index (χ1) is 21.2. The van der Waals surface area contributed by atoms with E-state index in [1.54, 1.807) is 24.3 Å². The SMILES string of the molecule is CCCn1cc(Cc2ccc(C(=O)NS(=O)(=O)c3ccccc3OC)cc2OC)c2cc(NC(=O)OC3CCCC3)ccc21. The van der Waals surface area contributed by atoms with E-state index in [0.717, 1.165) is 60.7 Å². The average molecular weight is 620 g/mol. The van der Waals surface area contributed by atoms with Crippen LogP contribution in [0.2, 0.25) is 0 Å². The molecule has 232 valence electrons. The molecule has 44 heavy (non-hydrogen) atoms. The molecule has 5 rings (SSSR count). The molecule has 2 N–H and O–H groups in total. The number of amides is 2. The van der Waals surface area contributed by atoms with E-state index in [4.69, 9.17) is 14.2 Å². The molecule has 2 amide bonds. The number of aryl methyl sites for hydroxylation is 1. The van der Waals surface area contributed by atoms with Crippen LogP contribution < -0.4 is 19.5 Å². The largest absolute Gasteiger partial charge is 0.496 e. The van der Waals surface area contributed by atoms with Crippen LogP contribution in [-0.2, 0) is 27.7 Å². The van der Waals surface area contributed by atoms with Crippen molar-refractivity contribution >= 4 is 38.6 Å². The third kappa shape index (κ3) is 6.83. The van der Waals surface area contributed by atoms with Crippen molar-refractivity contribution < 1.29 is 32.2 Å². The first-order valence-corrected chi connectivity index (χ1v) is 16.2. The summed E-state index contributed by atoms with van der Waals surface area (Å²) in [5, 5.41) is 3.85. The van der Waals surface area contributed by atoms with Crippen molar-refractivity contribution in [3.05, 3.63) is 83.6 Å². The van der Waals surface area contributed by atoms with E-state index >= 15 is 0 Å². The predicted molar refractivity (Wildman–Crippen MR) is 168 cm³/mol. The van der Waals surface area contributed by atoms with Gasteiger partial charge >= 0.3 is 6.09 Å². The third-order valence-electron chi connectivity index (χ3n) is 7.77. The summed E-state index contributed by atoms with van der Waals surface area (Å²) in [6.45, 7) is 2.94. The fraction of sp³-hybridized carbons (Fsp3) is 0.333. The Bertz CT molecular complexity index is 1780. The van der Waals surface area contributed by atoms with Crippen LogP contribution in [0.25, 0.3) is 10.9 Å². The Morgan fingerprint density at radius 2 is 1.68 bits per heavy atom. The van der Waals surface area contributed by atoms with Crippen LogP contribution in [0.1, 0.15) is 60.5 Å². The van der Waals surface area contributed by atoms with Crippen LogP contribution in [0.15, 0.2) is 71.8 Å². The number of aromatic nitrogens is 1. The molecule has 1 saturated carbocycles. The van der Waals surface area contributed by atoms with Gasteiger partial charge in [-0.2, -0.15) is 0 Å². The number of sulfonamides is 1. The van der Waals surface area contributed by atoms with Gasteiger partial charge in [-0.25, -0.2) is 17.9 Å². The van der Waals surface area contributed by atoms with E-state index in [1.807, 2.05) is 18.2 Å². The van der Waals surface area contributed by atoms with Gasteiger partial charge in [-0.1, -0.05) is 25.1 Å². The third-order valence-corrected chi connectivity index (χ3v) is 9.14. The number of nitrogens with one attached hydrogen (secondary N) is 2. The van der Waals surface area contributed by atoms with E-state index in [1.165, 1.54) is 32.4 Å². The second-order valence-corrected chi connectivity index (χ2v) is 12.5. The highest BCUT2D eigenvalue weighted by Gasteiger charge is 2.24. The normalized spacial score (nSPS) is 13.5. The lowest BCUT2D eigenvalue weighted by molar-refractivity contribution is 0.0980. The van der Waals surface area contributed by atoms with Crippen LogP contribution in [0.3, 0.4) is 0 Å². The maximum atomic E-state index is 13.0. The molecule has 0 spiro atoms. The molecule has 0 bridgehead atoms. The maximum Gasteiger partial charge on any atom is 0.411 e. The van der Waals surface area contributed by atoms with Gasteiger partial charge in [0.1, 0.15) is 22.5 Å². The van der Waals surface area contributed by atoms with E-state index < -0.39 is 22.0 Å². The minimum Gasteiger partial charge on any atom is -0.496 e. The molecule has 0 radical (unpaired) electrons. The van der Waals surface area contributed by atoms with Gasteiger partial charge in [-0.15, -0.1) is 0 Å². The van der Waals surface area contributed by atoms with Crippen molar-refractivity contribution in [1.82, 2.24) is 9.29 Å². The highest BCUT2D eigenvalue weighted by atomic mass is 32.2. The van der Waals surface area contributed by atoms with Crippen LogP contribution in [0.4, 0.5) is 10.5 Å². The molecule has 3 aromatic carbocycles. The lowest BCUT2D eigenvalue weighted by atomic mass is 10.0. The molecule has 4 aromatic rings. The Labute approximate surface area is 257 Å². The smallest absolute Gasteiger partial charge is 0.411 e. The minimum atomic E-state index is -4.18. The maximum absolute atomic E-state index is 13.0. The summed E-state index contributed by atoms with van der Waals surface area (Å²) in [4.78, 5) is 25.4. The number of methoxy groups -OCH3 is 2. The monoisotopic (exact) mass is 619 g/mol. The molecule has 1 fully saturated rings. The number of carbonyl (C=O) groups is 2. The van der Waals surface area contributed by atoms with Crippen LogP contribution in [0.5, 0.6) is 11.5 Å². The second kappa shape index (κ2) is 13.4. The zero-order valence-corrected chi connectivity index (χ0v) is 25.9. The van der Waals surface area contributed by atoms with E-state index in [9.17, 15) is 18.0 Å². The zero-order valence-electron chi connectivity index (χ0n) is 25.1. The Morgan fingerprint density at radius 1 is 0.932 bits per heavy atom. The van der Waals surface area contributed by atoms with Crippen molar-refractivity contribution in [1.29, 1.82) is 0 Å². The van der Waals surface area contributed by atoms with Crippen molar-refractivity contribution in [2.24, 2.45) is 0 Å². The fourth-order valence-corrected chi connectivity index (χ4v) is 6.78. The number of anilines is 1. The Kier molecular flexibility index (Phi) is 9.43. The molecule has 0 unspecified atom stereocenters. The molecule has 11 heteroatoms. The first-order valence-electron chi connectivity index (χ1n) is 14.7. The lowest BCUT2D eigenvalue weighted by Gasteiger charge is -2.13. The summed E-state index contributed by atoms with van der Waals surface area (Å²) in [5.41, 5.74) is 3.63. The van der Waals surface area contributed by atoms with Crippen LogP contribution >= 0.6 is 0 Å². The molecule has 1 heterocycles. The molecule has 0 saturated heterocycles. The first kappa shape index (κ1) is 30.9. The Morgan fingerprint density at radius 3 is 2.41 bits per heavy atom. The number of benzene rings is 3. The van der Waals surface area contributed by atoms with Gasteiger partial charge in [0.05, 0.1) is 14.2 Å². The Hall–Kier alpha value is -4.51. The van der Waals surface area contributed by atoms with Crippen LogP contribution in [-0.4, -0.2) is 45.3 Å². The summed E-state index contributed by atoms with van der Waals surface area (Å²) in [6.07, 6.45) is 6.99. The quantitative estimate of drug-likeness (QED) is 0.203. The lowest BCUT2D eigenvalue weighted by Crippen LogP contribution is -2.30. The highest BCUT2D eigenvalue weighted by Crippen LogP contribution is 2.31. The average Bonchev–Trinajstić information content (AvgIpc) is 3.64. The molecule has 1 aliphatic rings. The molecule has 0 aliphatic heterocycles. The summed E-state index contributed by atoms with van der Waals surface area (Å²) < 4.78 is 46.5. The number of rotatable bonds is 11. The zero-order chi connectivity index (χ0) is 31.3. The van der Waals surface area contributed by atoms with Crippen molar-refractivity contribution in [2.45, 2.75) is 63.0 Å². The van der Waals surface area contributed by atoms with Crippen molar-refractivity contribution in [2.75, 3.05) is 19.5 Å². The second-order valence-electron chi connectivity index (χ2n) is 10.8. The number of carbonyl (C=O) groups excluding carboxylic acids is 2. The summed E-state index contributed by atoms with van der Waals surface area (Å²) in [7, 11) is -1.32. The molecule has 0 atom stereocenters. The van der Waals surface area contributed by atoms with Crippen molar-refractivity contribution in [3.8, 4) is 11.5 Å². The molecular formula is C33H37N3O7S. The van der Waals surface area contributed by atoms with Gasteiger partial charge in [0.15, 0.2) is 0 Å². The van der Waals surface area contributed by atoms with E-state index in [2.05, 4.69) is 27.7 Å². The van der Waals surface area contributed by atoms with Gasteiger partial charge in [0.2, 0.25) is 0 Å². The van der Waals surface area contributed by atoms with Gasteiger partial charge in [0.25, 0.3) is 15.9 Å². The highest BCUT2D eigenvalue weighted by molar-refractivity contribution is 7.90. The number of para-hydroxylation sites is 1. The van der Waals surface area contributed by atoms with Crippen LogP contribution in [0, 0.1) is 0 Å². The fourth-order valence-electron chi connectivity index (χ4n) is 5.63. The van der Waals surface area contributed by atoms with Gasteiger partial charge in [-0.3, -0.25) is 10.1 Å².